The van der Waals surface area contributed by atoms with E-state index in [0.29, 0.717) is 38.2 Å². The number of nitrogens with one attached hydrogen (secondary N) is 1. The van der Waals surface area contributed by atoms with Crippen molar-refractivity contribution in [1.82, 2.24) is 9.88 Å². The first kappa shape index (κ1) is 15.2. The fraction of sp³-hybridized carbons (Fsp3) is 0.538. The van der Waals surface area contributed by atoms with Crippen LogP contribution in [-0.4, -0.2) is 41.8 Å². The van der Waals surface area contributed by atoms with Crippen molar-refractivity contribution in [3.8, 4) is 0 Å². The fourth-order valence-electron chi connectivity index (χ4n) is 1.70. The average Bonchev–Trinajstić information content (AvgIpc) is 2.83. The molecule has 6 nitrogen and oxygen atoms in total. The van der Waals surface area contributed by atoms with Gasteiger partial charge in [-0.2, -0.15) is 0 Å². The van der Waals surface area contributed by atoms with Gasteiger partial charge in [-0.25, -0.2) is 0 Å². The van der Waals surface area contributed by atoms with Crippen LogP contribution in [0.3, 0.4) is 0 Å². The molecular formula is C13H20N2O4. The van der Waals surface area contributed by atoms with E-state index in [1.54, 1.807) is 13.2 Å². The topological polar surface area (TPSA) is 80.6 Å². The Morgan fingerprint density at radius 3 is 2.89 bits per heavy atom. The van der Waals surface area contributed by atoms with Crippen LogP contribution < -0.4 is 5.32 Å². The van der Waals surface area contributed by atoms with Crippen molar-refractivity contribution in [3.63, 3.8) is 0 Å². The van der Waals surface area contributed by atoms with Gasteiger partial charge in [-0.1, -0.05) is 0 Å². The number of unbranched alkanes of at least 4 members (excludes halogenated alkanes) is 1. The quantitative estimate of drug-likeness (QED) is 0.658. The number of hydrogen-bond acceptors (Lipinski definition) is 3. The highest BCUT2D eigenvalue weighted by Crippen LogP contribution is 2.03. The summed E-state index contributed by atoms with van der Waals surface area (Å²) in [5.74, 6) is -0.948. The lowest BCUT2D eigenvalue weighted by Crippen LogP contribution is -2.27. The minimum atomic E-state index is -0.806. The third-order valence-corrected chi connectivity index (χ3v) is 2.70. The lowest BCUT2D eigenvalue weighted by molar-refractivity contribution is -0.137. The van der Waals surface area contributed by atoms with Crippen LogP contribution in [0.2, 0.25) is 0 Å². The Morgan fingerprint density at radius 2 is 2.21 bits per heavy atom. The number of aliphatic carboxylic acids is 1. The number of rotatable bonds is 9. The van der Waals surface area contributed by atoms with Crippen LogP contribution >= 0.6 is 0 Å². The number of carboxylic acid groups (broad SMARTS) is 1. The van der Waals surface area contributed by atoms with Crippen molar-refractivity contribution >= 4 is 11.9 Å². The molecule has 0 atom stereocenters. The first-order valence-electron chi connectivity index (χ1n) is 6.29. The van der Waals surface area contributed by atoms with E-state index in [1.807, 2.05) is 16.8 Å². The summed E-state index contributed by atoms with van der Waals surface area (Å²) < 4.78 is 6.81. The SMILES string of the molecule is COCCn1cccc1C(=O)NCCCCC(=O)O. The van der Waals surface area contributed by atoms with E-state index in [1.165, 1.54) is 0 Å². The van der Waals surface area contributed by atoms with Crippen LogP contribution in [0, 0.1) is 0 Å². The zero-order valence-electron chi connectivity index (χ0n) is 11.1. The average molecular weight is 268 g/mol. The smallest absolute Gasteiger partial charge is 0.303 e. The zero-order chi connectivity index (χ0) is 14.1. The van der Waals surface area contributed by atoms with Gasteiger partial charge >= 0.3 is 5.97 Å². The Balaban J connectivity index is 2.32. The van der Waals surface area contributed by atoms with Gasteiger partial charge in [-0.05, 0) is 25.0 Å². The summed E-state index contributed by atoms with van der Waals surface area (Å²) in [6.45, 7) is 1.67. The molecule has 0 aromatic carbocycles. The minimum Gasteiger partial charge on any atom is -0.481 e. The van der Waals surface area contributed by atoms with Gasteiger partial charge in [0.2, 0.25) is 0 Å². The maximum Gasteiger partial charge on any atom is 0.303 e. The Morgan fingerprint density at radius 1 is 1.42 bits per heavy atom. The molecule has 0 saturated heterocycles. The Kier molecular flexibility index (Phi) is 6.67. The van der Waals surface area contributed by atoms with Crippen LogP contribution in [0.5, 0.6) is 0 Å². The zero-order valence-corrected chi connectivity index (χ0v) is 11.1. The normalized spacial score (nSPS) is 10.4. The second kappa shape index (κ2) is 8.31. The van der Waals surface area contributed by atoms with E-state index in [0.717, 1.165) is 0 Å². The molecule has 1 amide bonds. The standard InChI is InChI=1S/C13H20N2O4/c1-19-10-9-15-8-4-5-11(15)13(18)14-7-3-2-6-12(16)17/h4-5,8H,2-3,6-7,9-10H2,1H3,(H,14,18)(H,16,17). The molecule has 0 spiro atoms. The fourth-order valence-corrected chi connectivity index (χ4v) is 1.70. The van der Waals surface area contributed by atoms with Gasteiger partial charge in [0.1, 0.15) is 5.69 Å². The van der Waals surface area contributed by atoms with Crippen molar-refractivity contribution in [2.75, 3.05) is 20.3 Å². The predicted molar refractivity (Wildman–Crippen MR) is 70.1 cm³/mol. The van der Waals surface area contributed by atoms with Crippen molar-refractivity contribution in [2.24, 2.45) is 0 Å². The Hall–Kier alpha value is -1.82. The van der Waals surface area contributed by atoms with Gasteiger partial charge in [0.15, 0.2) is 0 Å². The number of hydrogen-bond donors (Lipinski definition) is 2. The molecule has 0 unspecified atom stereocenters. The molecule has 0 saturated carbocycles. The van der Waals surface area contributed by atoms with Gasteiger partial charge in [-0.15, -0.1) is 0 Å². The third kappa shape index (κ3) is 5.56. The predicted octanol–water partition coefficient (Wildman–Crippen LogP) is 1.12. The largest absolute Gasteiger partial charge is 0.481 e. The molecule has 0 fully saturated rings. The molecule has 6 heteroatoms. The maximum absolute atomic E-state index is 11.9. The van der Waals surface area contributed by atoms with Crippen molar-refractivity contribution in [2.45, 2.75) is 25.8 Å². The van der Waals surface area contributed by atoms with E-state index >= 15 is 0 Å². The molecule has 0 aliphatic rings. The highest BCUT2D eigenvalue weighted by molar-refractivity contribution is 5.92. The number of carboxylic acids is 1. The van der Waals surface area contributed by atoms with Crippen molar-refractivity contribution < 1.29 is 19.4 Å². The second-order valence-electron chi connectivity index (χ2n) is 4.19. The number of carbonyl (C=O) groups is 2. The molecule has 1 aromatic rings. The Labute approximate surface area is 112 Å². The minimum absolute atomic E-state index is 0.139. The summed E-state index contributed by atoms with van der Waals surface area (Å²) in [5.41, 5.74) is 0.593. The van der Waals surface area contributed by atoms with Gasteiger partial charge in [-0.3, -0.25) is 9.59 Å². The summed E-state index contributed by atoms with van der Waals surface area (Å²) in [5, 5.41) is 11.3. The lowest BCUT2D eigenvalue weighted by Gasteiger charge is -2.09. The van der Waals surface area contributed by atoms with Gasteiger partial charge in [0, 0.05) is 32.8 Å². The molecule has 2 N–H and O–H groups in total. The summed E-state index contributed by atoms with van der Waals surface area (Å²) in [7, 11) is 1.62. The van der Waals surface area contributed by atoms with Crippen LogP contribution in [-0.2, 0) is 16.1 Å². The highest BCUT2D eigenvalue weighted by Gasteiger charge is 2.09. The summed E-state index contributed by atoms with van der Waals surface area (Å²) >= 11 is 0. The molecule has 0 aliphatic heterocycles. The van der Waals surface area contributed by atoms with Crippen molar-refractivity contribution in [1.29, 1.82) is 0 Å². The number of carbonyl (C=O) groups excluding carboxylic acids is 1. The number of methoxy groups -OCH3 is 1. The highest BCUT2D eigenvalue weighted by atomic mass is 16.5. The first-order chi connectivity index (χ1) is 9.15. The molecule has 1 heterocycles. The molecule has 0 aliphatic carbocycles. The monoisotopic (exact) mass is 268 g/mol. The van der Waals surface area contributed by atoms with Crippen LogP contribution in [0.15, 0.2) is 18.3 Å². The van der Waals surface area contributed by atoms with E-state index in [4.69, 9.17) is 9.84 Å². The number of nitrogens with zero attached hydrogens (tertiary/aromatic N) is 1. The summed E-state index contributed by atoms with van der Waals surface area (Å²) in [6.07, 6.45) is 3.20. The molecule has 19 heavy (non-hydrogen) atoms. The van der Waals surface area contributed by atoms with E-state index < -0.39 is 5.97 Å². The molecular weight excluding hydrogens is 248 g/mol. The van der Waals surface area contributed by atoms with Gasteiger partial charge < -0.3 is 19.7 Å². The molecule has 1 aromatic heterocycles. The third-order valence-electron chi connectivity index (χ3n) is 2.70. The number of ether oxygens (including phenoxy) is 1. The van der Waals surface area contributed by atoms with Gasteiger partial charge in [0.25, 0.3) is 5.91 Å². The second-order valence-corrected chi connectivity index (χ2v) is 4.19. The van der Waals surface area contributed by atoms with Crippen LogP contribution in [0.25, 0.3) is 0 Å². The summed E-state index contributed by atoms with van der Waals surface area (Å²) in [6, 6.07) is 3.57. The maximum atomic E-state index is 11.9. The number of amides is 1. The van der Waals surface area contributed by atoms with E-state index in [-0.39, 0.29) is 12.3 Å². The van der Waals surface area contributed by atoms with E-state index in [2.05, 4.69) is 5.32 Å². The Bertz CT molecular complexity index is 415. The molecule has 106 valence electrons. The molecule has 0 bridgehead atoms. The van der Waals surface area contributed by atoms with Crippen LogP contribution in [0.4, 0.5) is 0 Å². The molecule has 0 radical (unpaired) electrons. The van der Waals surface area contributed by atoms with Crippen molar-refractivity contribution in [3.05, 3.63) is 24.0 Å². The van der Waals surface area contributed by atoms with E-state index in [9.17, 15) is 9.59 Å². The first-order valence-corrected chi connectivity index (χ1v) is 6.29. The summed E-state index contributed by atoms with van der Waals surface area (Å²) in [4.78, 5) is 22.2. The van der Waals surface area contributed by atoms with Crippen LogP contribution in [0.1, 0.15) is 29.8 Å². The molecule has 1 rings (SSSR count). The number of aromatic nitrogens is 1. The van der Waals surface area contributed by atoms with Gasteiger partial charge in [0.05, 0.1) is 6.61 Å². The lowest BCUT2D eigenvalue weighted by atomic mass is 10.2.